The molecule has 0 saturated heterocycles. The summed E-state index contributed by atoms with van der Waals surface area (Å²) >= 11 is 5.97. The van der Waals surface area contributed by atoms with Crippen LogP contribution in [0.1, 0.15) is 12.0 Å². The lowest BCUT2D eigenvalue weighted by Crippen LogP contribution is -2.17. The number of primary sulfonamides is 1. The number of benzene rings is 1. The number of rotatable bonds is 5. The summed E-state index contributed by atoms with van der Waals surface area (Å²) in [5.41, 5.74) is 7.48. The van der Waals surface area contributed by atoms with Crippen LogP contribution >= 0.6 is 11.6 Å². The number of carbonyl (C=O) groups is 1. The maximum Gasteiger partial charge on any atom is 0.238 e. The number of aryl methyl sites for hydroxylation is 2. The number of carbonyl (C=O) groups excluding carboxylic acids is 1. The second-order valence-corrected chi connectivity index (χ2v) is 7.72. The van der Waals surface area contributed by atoms with Gasteiger partial charge in [-0.1, -0.05) is 17.7 Å². The van der Waals surface area contributed by atoms with Gasteiger partial charge in [-0.05, 0) is 24.6 Å². The second-order valence-electron chi connectivity index (χ2n) is 5.80. The SMILES string of the molecule is Cc1ccc(S(N)(=O)=O)cc1NC(=O)CCn1cnc2c(Cl)nc(N)nc21. The molecule has 12 heteroatoms. The number of nitrogen functional groups attached to an aromatic ring is 1. The summed E-state index contributed by atoms with van der Waals surface area (Å²) in [7, 11) is -3.86. The van der Waals surface area contributed by atoms with E-state index in [2.05, 4.69) is 20.3 Å². The van der Waals surface area contributed by atoms with Crippen LogP contribution in [0.4, 0.5) is 11.6 Å². The zero-order valence-electron chi connectivity index (χ0n) is 14.2. The Labute approximate surface area is 159 Å². The Morgan fingerprint density at radius 2 is 2.07 bits per heavy atom. The zero-order chi connectivity index (χ0) is 19.8. The number of fused-ring (bicyclic) bond motifs is 1. The van der Waals surface area contributed by atoms with Crippen molar-refractivity contribution in [3.05, 3.63) is 35.2 Å². The van der Waals surface area contributed by atoms with E-state index in [1.165, 1.54) is 18.5 Å². The van der Waals surface area contributed by atoms with E-state index in [1.54, 1.807) is 17.6 Å². The Balaban J connectivity index is 1.74. The normalized spacial score (nSPS) is 11.7. The average Bonchev–Trinajstić information content (AvgIpc) is 2.97. The van der Waals surface area contributed by atoms with Crippen LogP contribution in [0.25, 0.3) is 11.2 Å². The summed E-state index contributed by atoms with van der Waals surface area (Å²) in [5.74, 6) is -0.311. The fourth-order valence-electron chi connectivity index (χ4n) is 2.44. The van der Waals surface area contributed by atoms with Crippen molar-refractivity contribution in [1.82, 2.24) is 19.5 Å². The summed E-state index contributed by atoms with van der Waals surface area (Å²) in [6.07, 6.45) is 1.58. The lowest BCUT2D eigenvalue weighted by Gasteiger charge is -2.10. The monoisotopic (exact) mass is 409 g/mol. The minimum absolute atomic E-state index is 0.00846. The molecule has 3 aromatic rings. The first kappa shape index (κ1) is 19.0. The van der Waals surface area contributed by atoms with Gasteiger partial charge in [-0.25, -0.2) is 18.5 Å². The first-order chi connectivity index (χ1) is 12.6. The molecule has 1 aromatic carbocycles. The second kappa shape index (κ2) is 7.10. The molecule has 3 rings (SSSR count). The van der Waals surface area contributed by atoms with Crippen molar-refractivity contribution in [2.75, 3.05) is 11.1 Å². The molecule has 27 heavy (non-hydrogen) atoms. The van der Waals surface area contributed by atoms with E-state index in [-0.39, 0.29) is 34.9 Å². The number of halogens is 1. The maximum absolute atomic E-state index is 12.3. The van der Waals surface area contributed by atoms with Gasteiger partial charge in [0.1, 0.15) is 5.52 Å². The predicted molar refractivity (Wildman–Crippen MR) is 101 cm³/mol. The Kier molecular flexibility index (Phi) is 5.00. The molecule has 0 unspecified atom stereocenters. The molecule has 5 N–H and O–H groups in total. The van der Waals surface area contributed by atoms with Crippen molar-refractivity contribution in [3.8, 4) is 0 Å². The molecule has 142 valence electrons. The van der Waals surface area contributed by atoms with E-state index in [9.17, 15) is 13.2 Å². The lowest BCUT2D eigenvalue weighted by atomic mass is 10.2. The van der Waals surface area contributed by atoms with Crippen molar-refractivity contribution in [1.29, 1.82) is 0 Å². The minimum Gasteiger partial charge on any atom is -0.368 e. The number of hydrogen-bond donors (Lipinski definition) is 3. The molecule has 2 heterocycles. The van der Waals surface area contributed by atoms with E-state index in [0.29, 0.717) is 22.4 Å². The van der Waals surface area contributed by atoms with Crippen molar-refractivity contribution < 1.29 is 13.2 Å². The van der Waals surface area contributed by atoms with Crippen LogP contribution in [0.2, 0.25) is 5.15 Å². The fraction of sp³-hybridized carbons (Fsp3) is 0.200. The summed E-state index contributed by atoms with van der Waals surface area (Å²) < 4.78 is 24.6. The number of sulfonamides is 1. The number of nitrogens with two attached hydrogens (primary N) is 2. The minimum atomic E-state index is -3.86. The molecule has 0 fully saturated rings. The highest BCUT2D eigenvalue weighted by molar-refractivity contribution is 7.89. The largest absolute Gasteiger partial charge is 0.368 e. The molecule has 0 aliphatic heterocycles. The van der Waals surface area contributed by atoms with Crippen LogP contribution < -0.4 is 16.2 Å². The van der Waals surface area contributed by atoms with Gasteiger partial charge in [0.15, 0.2) is 10.8 Å². The fourth-order valence-corrected chi connectivity index (χ4v) is 3.20. The predicted octanol–water partition coefficient (Wildman–Crippen LogP) is 1.05. The highest BCUT2D eigenvalue weighted by Crippen LogP contribution is 2.21. The third-order valence-electron chi connectivity index (χ3n) is 3.83. The van der Waals surface area contributed by atoms with Crippen LogP contribution in [0.15, 0.2) is 29.4 Å². The van der Waals surface area contributed by atoms with Crippen LogP contribution in [0.5, 0.6) is 0 Å². The van der Waals surface area contributed by atoms with Crippen molar-refractivity contribution >= 4 is 50.3 Å². The van der Waals surface area contributed by atoms with Crippen LogP contribution in [-0.4, -0.2) is 33.8 Å². The van der Waals surface area contributed by atoms with Gasteiger partial charge >= 0.3 is 0 Å². The first-order valence-corrected chi connectivity index (χ1v) is 9.65. The molecule has 0 spiro atoms. The third kappa shape index (κ3) is 4.15. The molecule has 10 nitrogen and oxygen atoms in total. The van der Waals surface area contributed by atoms with Crippen molar-refractivity contribution in [2.24, 2.45) is 5.14 Å². The van der Waals surface area contributed by atoms with Crippen LogP contribution in [0.3, 0.4) is 0 Å². The van der Waals surface area contributed by atoms with Gasteiger partial charge in [0, 0.05) is 18.7 Å². The molecule has 0 bridgehead atoms. The molecule has 0 saturated carbocycles. The molecular formula is C15H16ClN7O3S. The number of imidazole rings is 1. The highest BCUT2D eigenvalue weighted by atomic mass is 35.5. The maximum atomic E-state index is 12.3. The van der Waals surface area contributed by atoms with Crippen molar-refractivity contribution in [3.63, 3.8) is 0 Å². The van der Waals surface area contributed by atoms with Gasteiger partial charge in [0.05, 0.1) is 11.2 Å². The van der Waals surface area contributed by atoms with E-state index in [4.69, 9.17) is 22.5 Å². The van der Waals surface area contributed by atoms with Gasteiger partial charge in [-0.3, -0.25) is 4.79 Å². The van der Waals surface area contributed by atoms with Crippen LogP contribution in [-0.2, 0) is 21.4 Å². The summed E-state index contributed by atoms with van der Waals surface area (Å²) in [4.78, 5) is 24.2. The number of nitrogens with one attached hydrogen (secondary N) is 1. The molecule has 2 aromatic heterocycles. The number of nitrogens with zero attached hydrogens (tertiary/aromatic N) is 4. The van der Waals surface area contributed by atoms with E-state index in [0.717, 1.165) is 0 Å². The molecule has 0 aliphatic carbocycles. The Morgan fingerprint density at radius 1 is 1.33 bits per heavy atom. The van der Waals surface area contributed by atoms with Gasteiger partial charge in [0.2, 0.25) is 21.9 Å². The van der Waals surface area contributed by atoms with E-state index < -0.39 is 10.0 Å². The number of hydrogen-bond acceptors (Lipinski definition) is 7. The smallest absolute Gasteiger partial charge is 0.238 e. The highest BCUT2D eigenvalue weighted by Gasteiger charge is 2.14. The Hall–Kier alpha value is -2.76. The number of amides is 1. The van der Waals surface area contributed by atoms with Crippen molar-refractivity contribution in [2.45, 2.75) is 24.8 Å². The standard InChI is InChI=1S/C15H16ClN7O3S/c1-8-2-3-9(27(18,25)26)6-10(8)20-11(24)4-5-23-7-19-12-13(16)21-15(17)22-14(12)23/h2-3,6-7H,4-5H2,1H3,(H,20,24)(H2,17,21,22)(H2,18,25,26). The summed E-state index contributed by atoms with van der Waals surface area (Å²) in [6.45, 7) is 2.01. The Bertz CT molecular complexity index is 1140. The quantitative estimate of drug-likeness (QED) is 0.531. The lowest BCUT2D eigenvalue weighted by molar-refractivity contribution is -0.116. The summed E-state index contributed by atoms with van der Waals surface area (Å²) in [5, 5.41) is 7.94. The molecule has 1 amide bonds. The van der Waals surface area contributed by atoms with Crippen LogP contribution in [0, 0.1) is 6.92 Å². The van der Waals surface area contributed by atoms with Gasteiger partial charge < -0.3 is 15.6 Å². The molecule has 0 aliphatic rings. The molecular weight excluding hydrogens is 394 g/mol. The number of aromatic nitrogens is 4. The van der Waals surface area contributed by atoms with Gasteiger partial charge in [-0.2, -0.15) is 9.97 Å². The molecule has 0 atom stereocenters. The van der Waals surface area contributed by atoms with Gasteiger partial charge in [-0.15, -0.1) is 0 Å². The first-order valence-electron chi connectivity index (χ1n) is 7.72. The topological polar surface area (TPSA) is 159 Å². The third-order valence-corrected chi connectivity index (χ3v) is 5.00. The zero-order valence-corrected chi connectivity index (χ0v) is 15.8. The average molecular weight is 410 g/mol. The Morgan fingerprint density at radius 3 is 2.78 bits per heavy atom. The van der Waals surface area contributed by atoms with E-state index >= 15 is 0 Å². The molecule has 0 radical (unpaired) electrons. The summed E-state index contributed by atoms with van der Waals surface area (Å²) in [6, 6.07) is 4.27. The van der Waals surface area contributed by atoms with Gasteiger partial charge in [0.25, 0.3) is 0 Å². The number of anilines is 2. The van der Waals surface area contributed by atoms with E-state index in [1.807, 2.05) is 0 Å².